The molecular formula is C20H40. The molecule has 0 aromatic carbocycles. The van der Waals surface area contributed by atoms with E-state index in [4.69, 9.17) is 0 Å². The molecule has 0 saturated heterocycles. The smallest absolute Gasteiger partial charge is 0.0443 e. The summed E-state index contributed by atoms with van der Waals surface area (Å²) in [6.45, 7) is 2.47. The van der Waals surface area contributed by atoms with Crippen LogP contribution in [0.25, 0.3) is 0 Å². The van der Waals surface area contributed by atoms with E-state index in [-0.39, 0.29) is 0 Å². The third-order valence-electron chi connectivity index (χ3n) is 5.14. The van der Waals surface area contributed by atoms with Crippen LogP contribution in [0.2, 0.25) is 0 Å². The van der Waals surface area contributed by atoms with E-state index in [0.29, 0.717) is 0 Å². The van der Waals surface area contributed by atoms with Crippen molar-refractivity contribution >= 4 is 0 Å². The van der Waals surface area contributed by atoms with Gasteiger partial charge in [0.25, 0.3) is 0 Å². The molecule has 0 N–H and O–H groups in total. The molecule has 0 heteroatoms. The van der Waals surface area contributed by atoms with Crippen LogP contribution in [0.5, 0.6) is 0 Å². The maximum atomic E-state index is 2.47. The molecule has 0 aliphatic heterocycles. The van der Waals surface area contributed by atoms with Crippen molar-refractivity contribution in [3.8, 4) is 0 Å². The van der Waals surface area contributed by atoms with Gasteiger partial charge in [-0.25, -0.2) is 0 Å². The Labute approximate surface area is 129 Å². The van der Waals surface area contributed by atoms with Crippen molar-refractivity contribution in [1.29, 1.82) is 0 Å². The van der Waals surface area contributed by atoms with Crippen molar-refractivity contribution in [2.24, 2.45) is 5.92 Å². The Balaban J connectivity index is 2.09. The summed E-state index contributed by atoms with van der Waals surface area (Å²) < 4.78 is 0. The Kier molecular flexibility index (Phi) is 12.6. The van der Waals surface area contributed by atoms with Crippen molar-refractivity contribution in [1.82, 2.24) is 0 Å². The van der Waals surface area contributed by atoms with E-state index in [9.17, 15) is 0 Å². The second-order valence-corrected chi connectivity index (χ2v) is 7.34. The molecule has 1 aliphatic carbocycles. The number of hydrogen-bond donors (Lipinski definition) is 0. The van der Waals surface area contributed by atoms with Gasteiger partial charge in [0, 0.05) is 0 Å². The second-order valence-electron chi connectivity index (χ2n) is 7.34. The van der Waals surface area contributed by atoms with Crippen molar-refractivity contribution in [2.45, 2.75) is 122 Å². The molecule has 1 saturated carbocycles. The Morgan fingerprint density at radius 1 is 0.350 bits per heavy atom. The first kappa shape index (κ1) is 18.1. The molecule has 0 nitrogen and oxygen atoms in total. The lowest BCUT2D eigenvalue weighted by Gasteiger charge is -2.11. The number of hydrogen-bond acceptors (Lipinski definition) is 0. The monoisotopic (exact) mass is 280 g/mol. The maximum Gasteiger partial charge on any atom is -0.0443 e. The largest absolute Gasteiger partial charge is 0.0625 e. The van der Waals surface area contributed by atoms with Gasteiger partial charge in [0.15, 0.2) is 0 Å². The summed E-state index contributed by atoms with van der Waals surface area (Å²) in [5.74, 6) is 0.983. The lowest BCUT2D eigenvalue weighted by molar-refractivity contribution is 0.431. The van der Waals surface area contributed by atoms with Gasteiger partial charge in [-0.3, -0.25) is 0 Å². The zero-order valence-electron chi connectivity index (χ0n) is 14.3. The minimum absolute atomic E-state index is 0.983. The topological polar surface area (TPSA) is 0 Å². The zero-order valence-corrected chi connectivity index (χ0v) is 14.3. The predicted octanol–water partition coefficient (Wildman–Crippen LogP) is 7.66. The molecule has 1 aliphatic rings. The van der Waals surface area contributed by atoms with Crippen LogP contribution in [0.3, 0.4) is 0 Å². The molecule has 0 atom stereocenters. The zero-order chi connectivity index (χ0) is 14.3. The van der Waals surface area contributed by atoms with Crippen molar-refractivity contribution in [2.75, 3.05) is 0 Å². The Morgan fingerprint density at radius 2 is 0.550 bits per heavy atom. The highest BCUT2D eigenvalue weighted by Gasteiger charge is 2.02. The number of rotatable bonds is 0. The highest BCUT2D eigenvalue weighted by Crippen LogP contribution is 2.19. The van der Waals surface area contributed by atoms with Gasteiger partial charge in [0.2, 0.25) is 0 Å². The van der Waals surface area contributed by atoms with Gasteiger partial charge in [-0.1, -0.05) is 122 Å². The molecule has 0 aromatic rings. The van der Waals surface area contributed by atoms with Crippen molar-refractivity contribution < 1.29 is 0 Å². The van der Waals surface area contributed by atoms with Crippen molar-refractivity contribution in [3.05, 3.63) is 0 Å². The third-order valence-corrected chi connectivity index (χ3v) is 5.14. The fourth-order valence-electron chi connectivity index (χ4n) is 3.60. The molecule has 120 valence electrons. The Bertz CT molecular complexity index is 164. The van der Waals surface area contributed by atoms with E-state index in [1.54, 1.807) is 0 Å². The van der Waals surface area contributed by atoms with Crippen LogP contribution in [0.15, 0.2) is 0 Å². The van der Waals surface area contributed by atoms with Gasteiger partial charge >= 0.3 is 0 Å². The summed E-state index contributed by atoms with van der Waals surface area (Å²) in [5, 5.41) is 0. The van der Waals surface area contributed by atoms with Gasteiger partial charge in [-0.2, -0.15) is 0 Å². The highest BCUT2D eigenvalue weighted by molar-refractivity contribution is 4.56. The minimum atomic E-state index is 0.983. The molecule has 1 rings (SSSR count). The summed E-state index contributed by atoms with van der Waals surface area (Å²) in [6.07, 6.45) is 26.9. The third kappa shape index (κ3) is 11.8. The average molecular weight is 281 g/mol. The second kappa shape index (κ2) is 14.0. The predicted molar refractivity (Wildman–Crippen MR) is 92.3 cm³/mol. The van der Waals surface area contributed by atoms with Crippen molar-refractivity contribution in [3.63, 3.8) is 0 Å². The highest BCUT2D eigenvalue weighted by atomic mass is 14.1. The van der Waals surface area contributed by atoms with Crippen LogP contribution in [0.4, 0.5) is 0 Å². The molecule has 0 amide bonds. The fraction of sp³-hybridized carbons (Fsp3) is 1.00. The summed E-state index contributed by atoms with van der Waals surface area (Å²) in [5.41, 5.74) is 0. The SMILES string of the molecule is CC1CCCCCCCCCCCCCCCCCC1. The molecule has 1 fully saturated rings. The van der Waals surface area contributed by atoms with Crippen LogP contribution >= 0.6 is 0 Å². The van der Waals surface area contributed by atoms with Gasteiger partial charge in [-0.15, -0.1) is 0 Å². The van der Waals surface area contributed by atoms with E-state index < -0.39 is 0 Å². The first-order valence-electron chi connectivity index (χ1n) is 9.89. The maximum absolute atomic E-state index is 2.47. The summed E-state index contributed by atoms with van der Waals surface area (Å²) in [7, 11) is 0. The lowest BCUT2D eigenvalue weighted by Crippen LogP contribution is -1.95. The van der Waals surface area contributed by atoms with E-state index >= 15 is 0 Å². The Hall–Kier alpha value is 0. The summed E-state index contributed by atoms with van der Waals surface area (Å²) in [4.78, 5) is 0. The van der Waals surface area contributed by atoms with E-state index in [0.717, 1.165) is 5.92 Å². The molecule has 0 heterocycles. The van der Waals surface area contributed by atoms with Crippen LogP contribution < -0.4 is 0 Å². The molecule has 0 unspecified atom stereocenters. The van der Waals surface area contributed by atoms with E-state index in [1.807, 2.05) is 0 Å². The first-order chi connectivity index (χ1) is 9.89. The molecule has 0 aromatic heterocycles. The molecular weight excluding hydrogens is 240 g/mol. The molecule has 0 spiro atoms. The van der Waals surface area contributed by atoms with Gasteiger partial charge in [0.1, 0.15) is 0 Å². The first-order valence-corrected chi connectivity index (χ1v) is 9.89. The normalized spacial score (nSPS) is 24.4. The summed E-state index contributed by atoms with van der Waals surface area (Å²) in [6, 6.07) is 0. The molecule has 0 radical (unpaired) electrons. The molecule has 0 bridgehead atoms. The van der Waals surface area contributed by atoms with Gasteiger partial charge < -0.3 is 0 Å². The van der Waals surface area contributed by atoms with Crippen LogP contribution in [0, 0.1) is 5.92 Å². The Morgan fingerprint density at radius 3 is 0.800 bits per heavy atom. The van der Waals surface area contributed by atoms with Crippen LogP contribution in [-0.4, -0.2) is 0 Å². The summed E-state index contributed by atoms with van der Waals surface area (Å²) >= 11 is 0. The lowest BCUT2D eigenvalue weighted by atomic mass is 9.96. The minimum Gasteiger partial charge on any atom is -0.0625 e. The van der Waals surface area contributed by atoms with E-state index in [2.05, 4.69) is 6.92 Å². The average Bonchev–Trinajstić information content (AvgIpc) is 2.45. The van der Waals surface area contributed by atoms with Crippen LogP contribution in [0.1, 0.15) is 122 Å². The van der Waals surface area contributed by atoms with Gasteiger partial charge in [-0.05, 0) is 5.92 Å². The van der Waals surface area contributed by atoms with Gasteiger partial charge in [0.05, 0.1) is 0 Å². The van der Waals surface area contributed by atoms with Crippen LogP contribution in [-0.2, 0) is 0 Å². The van der Waals surface area contributed by atoms with E-state index in [1.165, 1.54) is 116 Å². The standard InChI is InChI=1S/C20H40/c1-20-18-16-14-12-10-8-6-4-2-3-5-7-9-11-13-15-17-19-20/h20H,2-19H2,1H3. The fourth-order valence-corrected chi connectivity index (χ4v) is 3.60. The quantitative estimate of drug-likeness (QED) is 0.427. The molecule has 20 heavy (non-hydrogen) atoms.